The summed E-state index contributed by atoms with van der Waals surface area (Å²) in [6.07, 6.45) is 8.14. The van der Waals surface area contributed by atoms with Crippen LogP contribution >= 0.6 is 0 Å². The minimum atomic E-state index is 0.645. The van der Waals surface area contributed by atoms with E-state index in [9.17, 15) is 0 Å². The van der Waals surface area contributed by atoms with Crippen molar-refractivity contribution in [2.24, 2.45) is 11.8 Å². The Hall–Kier alpha value is -1.53. The number of hydrogen-bond acceptors (Lipinski definition) is 3. The van der Waals surface area contributed by atoms with E-state index in [1.165, 1.54) is 12.8 Å². The molecule has 20 heavy (non-hydrogen) atoms. The first-order valence-corrected chi connectivity index (χ1v) is 7.54. The molecule has 1 aromatic rings. The van der Waals surface area contributed by atoms with Gasteiger partial charge in [-0.1, -0.05) is 25.8 Å². The molecule has 0 aromatic carbocycles. The van der Waals surface area contributed by atoms with E-state index in [1.807, 2.05) is 0 Å². The summed E-state index contributed by atoms with van der Waals surface area (Å²) in [5.41, 5.74) is 1.08. The molecule has 108 valence electrons. The minimum Gasteiger partial charge on any atom is -0.345 e. The third kappa shape index (κ3) is 4.86. The van der Waals surface area contributed by atoms with E-state index in [-0.39, 0.29) is 0 Å². The van der Waals surface area contributed by atoms with Crippen molar-refractivity contribution in [3.05, 3.63) is 23.9 Å². The lowest BCUT2D eigenvalue weighted by Crippen LogP contribution is -2.27. The van der Waals surface area contributed by atoms with Crippen LogP contribution in [0.2, 0.25) is 0 Å². The zero-order chi connectivity index (χ0) is 14.4. The van der Waals surface area contributed by atoms with Crippen molar-refractivity contribution >= 4 is 5.82 Å². The Morgan fingerprint density at radius 1 is 1.45 bits per heavy atom. The zero-order valence-corrected chi connectivity index (χ0v) is 12.6. The molecular weight excluding hydrogens is 246 g/mol. The smallest absolute Gasteiger partial charge is 0.129 e. The van der Waals surface area contributed by atoms with Crippen LogP contribution in [0.15, 0.2) is 18.2 Å². The molecule has 3 nitrogen and oxygen atoms in total. The summed E-state index contributed by atoms with van der Waals surface area (Å²) >= 11 is 0. The first-order valence-electron chi connectivity index (χ1n) is 7.54. The second-order valence-corrected chi connectivity index (χ2v) is 6.04. The number of aromatic nitrogens is 1. The molecular formula is C17H25N3. The predicted molar refractivity (Wildman–Crippen MR) is 84.6 cm³/mol. The van der Waals surface area contributed by atoms with Gasteiger partial charge in [0.15, 0.2) is 0 Å². The number of hydrogen-bond donors (Lipinski definition) is 1. The highest BCUT2D eigenvalue weighted by Gasteiger charge is 2.24. The number of nitrogens with one attached hydrogen (secondary N) is 1. The molecule has 0 amide bonds. The average Bonchev–Trinajstić information content (AvgIpc) is 3.22. The summed E-state index contributed by atoms with van der Waals surface area (Å²) in [5.74, 6) is 5.23. The highest BCUT2D eigenvalue weighted by molar-refractivity contribution is 5.41. The maximum atomic E-state index is 5.48. The van der Waals surface area contributed by atoms with Gasteiger partial charge in [0.05, 0.1) is 12.2 Å². The SMILES string of the molecule is C#CCN(CC1CC1)c1cccc(CNCC(C)C)n1. The molecule has 1 N–H and O–H groups in total. The number of nitrogens with zero attached hydrogens (tertiary/aromatic N) is 2. The largest absolute Gasteiger partial charge is 0.345 e. The number of terminal acetylenes is 1. The van der Waals surface area contributed by atoms with E-state index in [0.29, 0.717) is 12.5 Å². The predicted octanol–water partition coefficient (Wildman–Crippen LogP) is 2.68. The van der Waals surface area contributed by atoms with E-state index >= 15 is 0 Å². The molecule has 1 saturated carbocycles. The van der Waals surface area contributed by atoms with Gasteiger partial charge < -0.3 is 10.2 Å². The standard InChI is InChI=1S/C17H25N3/c1-4-10-20(13-15-8-9-15)17-7-5-6-16(19-17)12-18-11-14(2)3/h1,5-7,14-15,18H,8-13H2,2-3H3. The highest BCUT2D eigenvalue weighted by atomic mass is 15.2. The van der Waals surface area contributed by atoms with Gasteiger partial charge in [-0.15, -0.1) is 6.42 Å². The highest BCUT2D eigenvalue weighted by Crippen LogP contribution is 2.30. The molecule has 0 aliphatic heterocycles. The van der Waals surface area contributed by atoms with E-state index in [2.05, 4.69) is 48.2 Å². The lowest BCUT2D eigenvalue weighted by Gasteiger charge is -2.21. The average molecular weight is 271 g/mol. The fraction of sp³-hybridized carbons (Fsp3) is 0.588. The van der Waals surface area contributed by atoms with Crippen LogP contribution in [0.3, 0.4) is 0 Å². The molecule has 0 unspecified atom stereocenters. The maximum Gasteiger partial charge on any atom is 0.129 e. The molecule has 1 fully saturated rings. The Morgan fingerprint density at radius 3 is 2.90 bits per heavy atom. The molecule has 1 heterocycles. The Morgan fingerprint density at radius 2 is 2.25 bits per heavy atom. The van der Waals surface area contributed by atoms with Crippen LogP contribution in [0, 0.1) is 24.2 Å². The Bertz CT molecular complexity index is 458. The van der Waals surface area contributed by atoms with E-state index < -0.39 is 0 Å². The third-order valence-corrected chi connectivity index (χ3v) is 3.43. The summed E-state index contributed by atoms with van der Waals surface area (Å²) in [7, 11) is 0. The van der Waals surface area contributed by atoms with Gasteiger partial charge in [-0.3, -0.25) is 0 Å². The van der Waals surface area contributed by atoms with Gasteiger partial charge in [0.25, 0.3) is 0 Å². The first kappa shape index (κ1) is 14.9. The summed E-state index contributed by atoms with van der Waals surface area (Å²) in [5, 5.41) is 3.43. The molecule has 0 saturated heterocycles. The van der Waals surface area contributed by atoms with Crippen LogP contribution in [0.5, 0.6) is 0 Å². The second kappa shape index (κ2) is 7.31. The van der Waals surface area contributed by atoms with Gasteiger partial charge in [0.2, 0.25) is 0 Å². The molecule has 0 radical (unpaired) electrons. The number of anilines is 1. The van der Waals surface area contributed by atoms with Gasteiger partial charge >= 0.3 is 0 Å². The fourth-order valence-corrected chi connectivity index (χ4v) is 2.19. The van der Waals surface area contributed by atoms with Crippen LogP contribution in [-0.4, -0.2) is 24.6 Å². The van der Waals surface area contributed by atoms with Gasteiger partial charge in [-0.05, 0) is 43.4 Å². The molecule has 1 aliphatic carbocycles. The minimum absolute atomic E-state index is 0.645. The lowest BCUT2D eigenvalue weighted by atomic mass is 10.2. The molecule has 1 aliphatic rings. The fourth-order valence-electron chi connectivity index (χ4n) is 2.19. The third-order valence-electron chi connectivity index (χ3n) is 3.43. The van der Waals surface area contributed by atoms with Crippen molar-refractivity contribution in [2.75, 3.05) is 24.5 Å². The van der Waals surface area contributed by atoms with Crippen LogP contribution in [0.4, 0.5) is 5.82 Å². The van der Waals surface area contributed by atoms with Crippen molar-refractivity contribution in [1.29, 1.82) is 0 Å². The Labute approximate surface area is 122 Å². The molecule has 2 rings (SSSR count). The van der Waals surface area contributed by atoms with Crippen LogP contribution in [-0.2, 0) is 6.54 Å². The topological polar surface area (TPSA) is 28.2 Å². The zero-order valence-electron chi connectivity index (χ0n) is 12.6. The van der Waals surface area contributed by atoms with E-state index in [4.69, 9.17) is 11.4 Å². The van der Waals surface area contributed by atoms with Crippen molar-refractivity contribution in [2.45, 2.75) is 33.2 Å². The normalized spacial score (nSPS) is 14.3. The summed E-state index contributed by atoms with van der Waals surface area (Å²) in [6.45, 7) is 7.94. The molecule has 1 aromatic heterocycles. The molecule has 0 spiro atoms. The van der Waals surface area contributed by atoms with Crippen molar-refractivity contribution < 1.29 is 0 Å². The molecule has 3 heteroatoms. The van der Waals surface area contributed by atoms with Crippen LogP contribution in [0.25, 0.3) is 0 Å². The Balaban J connectivity index is 1.96. The summed E-state index contributed by atoms with van der Waals surface area (Å²) in [4.78, 5) is 6.96. The summed E-state index contributed by atoms with van der Waals surface area (Å²) in [6, 6.07) is 6.21. The van der Waals surface area contributed by atoms with Crippen LogP contribution in [0.1, 0.15) is 32.4 Å². The van der Waals surface area contributed by atoms with Crippen LogP contribution < -0.4 is 10.2 Å². The van der Waals surface area contributed by atoms with Gasteiger partial charge in [-0.25, -0.2) is 4.98 Å². The van der Waals surface area contributed by atoms with Crippen molar-refractivity contribution in [3.8, 4) is 12.3 Å². The number of rotatable bonds is 8. The van der Waals surface area contributed by atoms with Crippen molar-refractivity contribution in [3.63, 3.8) is 0 Å². The van der Waals surface area contributed by atoms with Gasteiger partial charge in [0, 0.05) is 13.1 Å². The van der Waals surface area contributed by atoms with E-state index in [1.54, 1.807) is 0 Å². The lowest BCUT2D eigenvalue weighted by molar-refractivity contribution is 0.548. The summed E-state index contributed by atoms with van der Waals surface area (Å²) < 4.78 is 0. The first-order chi connectivity index (χ1) is 9.69. The quantitative estimate of drug-likeness (QED) is 0.737. The van der Waals surface area contributed by atoms with Gasteiger partial charge in [-0.2, -0.15) is 0 Å². The van der Waals surface area contributed by atoms with Crippen molar-refractivity contribution in [1.82, 2.24) is 10.3 Å². The Kier molecular flexibility index (Phi) is 5.43. The molecule has 0 atom stereocenters. The monoisotopic (exact) mass is 271 g/mol. The van der Waals surface area contributed by atoms with E-state index in [0.717, 1.165) is 37.1 Å². The molecule has 0 bridgehead atoms. The second-order valence-electron chi connectivity index (χ2n) is 6.04. The van der Waals surface area contributed by atoms with Gasteiger partial charge in [0.1, 0.15) is 5.82 Å². The maximum absolute atomic E-state index is 5.48. The number of pyridine rings is 1.